The van der Waals surface area contributed by atoms with Crippen molar-refractivity contribution in [3.05, 3.63) is 35.4 Å². The van der Waals surface area contributed by atoms with Crippen molar-refractivity contribution in [1.29, 1.82) is 0 Å². The number of carbonyl (C=O) groups excluding carboxylic acids is 1. The van der Waals surface area contributed by atoms with Crippen LogP contribution in [0.1, 0.15) is 36.4 Å². The Bertz CT molecular complexity index is 572. The summed E-state index contributed by atoms with van der Waals surface area (Å²) in [6, 6.07) is 7.79. The zero-order valence-corrected chi connectivity index (χ0v) is 13.4. The molecule has 1 aliphatic heterocycles. The maximum absolute atomic E-state index is 12.5. The van der Waals surface area contributed by atoms with Gasteiger partial charge in [-0.1, -0.05) is 24.3 Å². The van der Waals surface area contributed by atoms with Gasteiger partial charge in [-0.15, -0.1) is 12.4 Å². The van der Waals surface area contributed by atoms with Crippen LogP contribution in [-0.2, 0) is 11.2 Å². The van der Waals surface area contributed by atoms with Crippen LogP contribution < -0.4 is 10.6 Å². The first-order valence-corrected chi connectivity index (χ1v) is 7.97. The van der Waals surface area contributed by atoms with E-state index >= 15 is 0 Å². The van der Waals surface area contributed by atoms with Crippen molar-refractivity contribution in [3.63, 3.8) is 0 Å². The second-order valence-corrected chi connectivity index (χ2v) is 6.83. The van der Waals surface area contributed by atoms with Crippen molar-refractivity contribution in [2.24, 2.45) is 11.3 Å². The summed E-state index contributed by atoms with van der Waals surface area (Å²) in [4.78, 5) is 12.5. The SMILES string of the molecule is Cl.O=C(N[C@@H]1c2ccccc2C[C@@H]1O)C1CC12CCNCC2. The van der Waals surface area contributed by atoms with Crippen LogP contribution in [0.3, 0.4) is 0 Å². The van der Waals surface area contributed by atoms with E-state index in [4.69, 9.17) is 0 Å². The molecule has 1 amide bonds. The molecule has 2 aliphatic carbocycles. The lowest BCUT2D eigenvalue weighted by atomic mass is 9.91. The first kappa shape index (κ1) is 15.8. The van der Waals surface area contributed by atoms with Gasteiger partial charge in [-0.2, -0.15) is 0 Å². The Balaban J connectivity index is 0.00000144. The van der Waals surface area contributed by atoms with E-state index in [0.29, 0.717) is 6.42 Å². The van der Waals surface area contributed by atoms with E-state index in [-0.39, 0.29) is 35.7 Å². The summed E-state index contributed by atoms with van der Waals surface area (Å²) in [6.07, 6.45) is 3.38. The topological polar surface area (TPSA) is 61.4 Å². The smallest absolute Gasteiger partial charge is 0.224 e. The predicted octanol–water partition coefficient (Wildman–Crippen LogP) is 1.57. The van der Waals surface area contributed by atoms with Crippen LogP contribution in [0.25, 0.3) is 0 Å². The van der Waals surface area contributed by atoms with E-state index in [1.54, 1.807) is 0 Å². The summed E-state index contributed by atoms with van der Waals surface area (Å²) in [5.41, 5.74) is 2.49. The van der Waals surface area contributed by atoms with Gasteiger partial charge in [0.2, 0.25) is 5.91 Å². The molecule has 5 heteroatoms. The standard InChI is InChI=1S/C17H22N2O2.ClH/c20-14-9-11-3-1-2-4-12(11)15(14)19-16(21)13-10-17(13)5-7-18-8-6-17;/h1-4,13-15,18,20H,5-10H2,(H,19,21);1H/t13?,14-,15+;/m0./s1. The molecule has 120 valence electrons. The lowest BCUT2D eigenvalue weighted by molar-refractivity contribution is -0.124. The highest BCUT2D eigenvalue weighted by Crippen LogP contribution is 2.58. The number of halogens is 1. The molecule has 1 aromatic carbocycles. The summed E-state index contributed by atoms with van der Waals surface area (Å²) in [6.45, 7) is 2.05. The largest absolute Gasteiger partial charge is 0.390 e. The lowest BCUT2D eigenvalue weighted by Crippen LogP contribution is -2.37. The molecule has 3 atom stereocenters. The number of aliphatic hydroxyl groups excluding tert-OH is 1. The molecule has 1 saturated heterocycles. The van der Waals surface area contributed by atoms with Gasteiger partial charge in [0.15, 0.2) is 0 Å². The fourth-order valence-electron chi connectivity index (χ4n) is 4.20. The molecule has 1 aromatic rings. The zero-order chi connectivity index (χ0) is 14.4. The number of amides is 1. The Labute approximate surface area is 137 Å². The van der Waals surface area contributed by atoms with Crippen LogP contribution in [-0.4, -0.2) is 30.2 Å². The van der Waals surface area contributed by atoms with Crippen LogP contribution in [0.4, 0.5) is 0 Å². The van der Waals surface area contributed by atoms with Gasteiger partial charge in [0, 0.05) is 12.3 Å². The van der Waals surface area contributed by atoms with Crippen LogP contribution in [0.15, 0.2) is 24.3 Å². The summed E-state index contributed by atoms with van der Waals surface area (Å²) < 4.78 is 0. The Morgan fingerprint density at radius 2 is 2.00 bits per heavy atom. The molecule has 3 N–H and O–H groups in total. The van der Waals surface area contributed by atoms with Crippen molar-refractivity contribution in [1.82, 2.24) is 10.6 Å². The number of hydrogen-bond acceptors (Lipinski definition) is 3. The van der Waals surface area contributed by atoms with Crippen LogP contribution in [0.5, 0.6) is 0 Å². The van der Waals surface area contributed by atoms with E-state index < -0.39 is 6.10 Å². The first-order valence-electron chi connectivity index (χ1n) is 7.97. The Morgan fingerprint density at radius 1 is 1.27 bits per heavy atom. The molecule has 2 fully saturated rings. The molecule has 0 bridgehead atoms. The summed E-state index contributed by atoms with van der Waals surface area (Å²) >= 11 is 0. The Kier molecular flexibility index (Phi) is 4.19. The normalized spacial score (nSPS) is 31.2. The van der Waals surface area contributed by atoms with E-state index in [9.17, 15) is 9.90 Å². The maximum Gasteiger partial charge on any atom is 0.224 e. The number of rotatable bonds is 2. The number of fused-ring (bicyclic) bond motifs is 1. The molecule has 1 spiro atoms. The molecule has 22 heavy (non-hydrogen) atoms. The second kappa shape index (κ2) is 5.84. The van der Waals surface area contributed by atoms with Gasteiger partial charge in [0.1, 0.15) is 0 Å². The third kappa shape index (κ3) is 2.53. The molecular formula is C17H23ClN2O2. The summed E-state index contributed by atoms with van der Waals surface area (Å²) in [5.74, 6) is 0.289. The third-order valence-corrected chi connectivity index (χ3v) is 5.61. The average Bonchev–Trinajstić information content (AvgIpc) is 3.09. The highest BCUT2D eigenvalue weighted by atomic mass is 35.5. The molecule has 1 saturated carbocycles. The van der Waals surface area contributed by atoms with Crippen molar-refractivity contribution in [3.8, 4) is 0 Å². The number of benzene rings is 1. The quantitative estimate of drug-likeness (QED) is 0.774. The maximum atomic E-state index is 12.5. The minimum Gasteiger partial charge on any atom is -0.390 e. The molecule has 0 aromatic heterocycles. The molecule has 0 radical (unpaired) electrons. The van der Waals surface area contributed by atoms with E-state index in [1.165, 1.54) is 0 Å². The van der Waals surface area contributed by atoms with Gasteiger partial charge in [0.05, 0.1) is 12.1 Å². The van der Waals surface area contributed by atoms with Gasteiger partial charge >= 0.3 is 0 Å². The fraction of sp³-hybridized carbons (Fsp3) is 0.588. The van der Waals surface area contributed by atoms with E-state index in [1.807, 2.05) is 24.3 Å². The van der Waals surface area contributed by atoms with Gasteiger partial charge < -0.3 is 15.7 Å². The van der Waals surface area contributed by atoms with Crippen LogP contribution >= 0.6 is 12.4 Å². The van der Waals surface area contributed by atoms with E-state index in [0.717, 1.165) is 43.5 Å². The van der Waals surface area contributed by atoms with E-state index in [2.05, 4.69) is 10.6 Å². The molecule has 1 heterocycles. The van der Waals surface area contributed by atoms with Crippen molar-refractivity contribution in [2.75, 3.05) is 13.1 Å². The summed E-state index contributed by atoms with van der Waals surface area (Å²) in [7, 11) is 0. The first-order chi connectivity index (χ1) is 10.2. The molecule has 3 aliphatic rings. The minimum absolute atomic E-state index is 0. The van der Waals surface area contributed by atoms with Gasteiger partial charge in [-0.3, -0.25) is 4.79 Å². The van der Waals surface area contributed by atoms with Gasteiger partial charge in [-0.05, 0) is 48.9 Å². The fourth-order valence-corrected chi connectivity index (χ4v) is 4.20. The van der Waals surface area contributed by atoms with Crippen molar-refractivity contribution in [2.45, 2.75) is 37.8 Å². The summed E-state index contributed by atoms with van der Waals surface area (Å²) in [5, 5.41) is 16.7. The monoisotopic (exact) mass is 322 g/mol. The molecular weight excluding hydrogens is 300 g/mol. The van der Waals surface area contributed by atoms with Gasteiger partial charge in [-0.25, -0.2) is 0 Å². The third-order valence-electron chi connectivity index (χ3n) is 5.61. The minimum atomic E-state index is -0.492. The zero-order valence-electron chi connectivity index (χ0n) is 12.5. The lowest BCUT2D eigenvalue weighted by Gasteiger charge is -2.24. The second-order valence-electron chi connectivity index (χ2n) is 6.83. The number of piperidine rings is 1. The number of carbonyl (C=O) groups is 1. The molecule has 4 nitrogen and oxygen atoms in total. The van der Waals surface area contributed by atoms with Crippen LogP contribution in [0.2, 0.25) is 0 Å². The van der Waals surface area contributed by atoms with Crippen molar-refractivity contribution >= 4 is 18.3 Å². The Hall–Kier alpha value is -1.10. The van der Waals surface area contributed by atoms with Crippen LogP contribution in [0, 0.1) is 11.3 Å². The highest BCUT2D eigenvalue weighted by Gasteiger charge is 2.58. The number of aliphatic hydroxyl groups is 1. The predicted molar refractivity (Wildman–Crippen MR) is 86.9 cm³/mol. The van der Waals surface area contributed by atoms with Crippen molar-refractivity contribution < 1.29 is 9.90 Å². The number of hydrogen-bond donors (Lipinski definition) is 3. The number of nitrogens with one attached hydrogen (secondary N) is 2. The highest BCUT2D eigenvalue weighted by molar-refractivity contribution is 5.85. The average molecular weight is 323 g/mol. The molecule has 1 unspecified atom stereocenters. The Morgan fingerprint density at radius 3 is 2.77 bits per heavy atom. The molecule has 4 rings (SSSR count). The van der Waals surface area contributed by atoms with Gasteiger partial charge in [0.25, 0.3) is 0 Å².